The molecule has 2 fully saturated rings. The molecule has 1 aliphatic heterocycles. The highest BCUT2D eigenvalue weighted by molar-refractivity contribution is 7.18. The van der Waals surface area contributed by atoms with Crippen LogP contribution in [0.25, 0.3) is 10.3 Å². The highest BCUT2D eigenvalue weighted by Gasteiger charge is 2.34. The van der Waals surface area contributed by atoms with Crippen LogP contribution in [0, 0.1) is 12.8 Å². The Morgan fingerprint density at radius 2 is 2.06 bits per heavy atom. The van der Waals surface area contributed by atoms with E-state index in [-0.39, 0.29) is 23.9 Å². The number of pyridine rings is 1. The molecule has 1 aliphatic carbocycles. The highest BCUT2D eigenvalue weighted by Crippen LogP contribution is 2.30. The summed E-state index contributed by atoms with van der Waals surface area (Å²) >= 11 is 1.42. The lowest BCUT2D eigenvalue weighted by molar-refractivity contribution is -0.123. The number of nitrogens with one attached hydrogen (secondary N) is 2. The normalized spacial score (nSPS) is 17.2. The molecule has 1 atom stereocenters. The van der Waals surface area contributed by atoms with Crippen LogP contribution in [0.15, 0.2) is 24.5 Å². The summed E-state index contributed by atoms with van der Waals surface area (Å²) in [7, 11) is 0. The summed E-state index contributed by atoms with van der Waals surface area (Å²) in [6.45, 7) is 4.87. The van der Waals surface area contributed by atoms with Crippen LogP contribution in [0.2, 0.25) is 0 Å². The largest absolute Gasteiger partial charge is 0.350 e. The number of aryl methyl sites for hydroxylation is 1. The van der Waals surface area contributed by atoms with Gasteiger partial charge in [0.1, 0.15) is 4.70 Å². The molecule has 1 saturated carbocycles. The molecular weight excluding hydrogens is 450 g/mol. The van der Waals surface area contributed by atoms with Gasteiger partial charge in [0.15, 0.2) is 11.3 Å². The zero-order chi connectivity index (χ0) is 23.7. The van der Waals surface area contributed by atoms with Crippen molar-refractivity contribution in [3.05, 3.63) is 40.8 Å². The Labute approximate surface area is 202 Å². The number of hydrogen-bond donors (Lipinski definition) is 2. The minimum Gasteiger partial charge on any atom is -0.350 e. The Hall–Kier alpha value is -3.14. The van der Waals surface area contributed by atoms with Crippen molar-refractivity contribution < 1.29 is 9.59 Å². The fourth-order valence-electron chi connectivity index (χ4n) is 4.35. The van der Waals surface area contributed by atoms with Crippen molar-refractivity contribution >= 4 is 39.4 Å². The van der Waals surface area contributed by atoms with E-state index >= 15 is 0 Å². The van der Waals surface area contributed by atoms with Crippen LogP contribution in [0.4, 0.5) is 5.95 Å². The SMILES string of the molecule is Cc1nc2nc(NC(C)c3cccnc3)nc(C(=O)N3CC(NC(=O)CCC4CCC4)C3)c2s1. The van der Waals surface area contributed by atoms with E-state index in [4.69, 9.17) is 0 Å². The van der Waals surface area contributed by atoms with E-state index in [1.54, 1.807) is 17.3 Å². The van der Waals surface area contributed by atoms with Gasteiger partial charge in [0.25, 0.3) is 5.91 Å². The molecule has 5 rings (SSSR count). The van der Waals surface area contributed by atoms with Crippen molar-refractivity contribution in [2.75, 3.05) is 18.4 Å². The molecule has 2 amide bonds. The average molecular weight is 480 g/mol. The standard InChI is InChI=1S/C24H29N7O2S/c1-14(17-7-4-10-25-11-17)26-24-29-20(21-22(30-24)27-15(2)34-21)23(33)31-12-18(13-31)28-19(32)9-8-16-5-3-6-16/h4,7,10-11,14,16,18H,3,5-6,8-9,12-13H2,1-2H3,(H,28,32)(H,26,29,30). The Bertz CT molecular complexity index is 1190. The molecule has 0 spiro atoms. The number of anilines is 1. The summed E-state index contributed by atoms with van der Waals surface area (Å²) in [5.41, 5.74) is 1.86. The van der Waals surface area contributed by atoms with Gasteiger partial charge in [0.2, 0.25) is 11.9 Å². The zero-order valence-electron chi connectivity index (χ0n) is 19.5. The predicted molar refractivity (Wildman–Crippen MR) is 131 cm³/mol. The maximum Gasteiger partial charge on any atom is 0.274 e. The number of fused-ring (bicyclic) bond motifs is 1. The van der Waals surface area contributed by atoms with Crippen LogP contribution in [0.3, 0.4) is 0 Å². The van der Waals surface area contributed by atoms with Crippen LogP contribution in [0.5, 0.6) is 0 Å². The van der Waals surface area contributed by atoms with Gasteiger partial charge in [-0.15, -0.1) is 11.3 Å². The lowest BCUT2D eigenvalue weighted by atomic mass is 9.82. The molecule has 34 heavy (non-hydrogen) atoms. The van der Waals surface area contributed by atoms with Gasteiger partial charge < -0.3 is 15.5 Å². The van der Waals surface area contributed by atoms with Gasteiger partial charge in [0, 0.05) is 31.9 Å². The van der Waals surface area contributed by atoms with Crippen molar-refractivity contribution in [3.8, 4) is 0 Å². The molecule has 10 heteroatoms. The van der Waals surface area contributed by atoms with Crippen LogP contribution in [0.1, 0.15) is 66.1 Å². The molecule has 9 nitrogen and oxygen atoms in total. The van der Waals surface area contributed by atoms with E-state index in [9.17, 15) is 9.59 Å². The number of likely N-dealkylation sites (tertiary alicyclic amines) is 1. The third-order valence-corrected chi connectivity index (χ3v) is 7.60. The van der Waals surface area contributed by atoms with Gasteiger partial charge in [0.05, 0.1) is 17.1 Å². The summed E-state index contributed by atoms with van der Waals surface area (Å²) < 4.78 is 0.690. The summed E-state index contributed by atoms with van der Waals surface area (Å²) in [6, 6.07) is 3.77. The van der Waals surface area contributed by atoms with Crippen LogP contribution in [-0.4, -0.2) is 55.8 Å². The summed E-state index contributed by atoms with van der Waals surface area (Å²) in [5.74, 6) is 1.01. The Kier molecular flexibility index (Phi) is 6.40. The van der Waals surface area contributed by atoms with E-state index in [1.165, 1.54) is 30.6 Å². The van der Waals surface area contributed by atoms with Crippen LogP contribution in [-0.2, 0) is 4.79 Å². The number of carbonyl (C=O) groups excluding carboxylic acids is 2. The molecule has 0 bridgehead atoms. The number of hydrogen-bond acceptors (Lipinski definition) is 8. The van der Waals surface area contributed by atoms with Gasteiger partial charge in [-0.05, 0) is 37.8 Å². The Morgan fingerprint density at radius 1 is 1.24 bits per heavy atom. The second kappa shape index (κ2) is 9.61. The molecule has 1 saturated heterocycles. The summed E-state index contributed by atoms with van der Waals surface area (Å²) in [5, 5.41) is 7.16. The van der Waals surface area contributed by atoms with Gasteiger partial charge in [-0.2, -0.15) is 4.98 Å². The fourth-order valence-corrected chi connectivity index (χ4v) is 5.19. The highest BCUT2D eigenvalue weighted by atomic mass is 32.1. The first kappa shape index (κ1) is 22.6. The first-order valence-electron chi connectivity index (χ1n) is 11.9. The molecule has 178 valence electrons. The van der Waals surface area contributed by atoms with E-state index in [2.05, 4.69) is 30.6 Å². The molecular formula is C24H29N7O2S. The smallest absolute Gasteiger partial charge is 0.274 e. The van der Waals surface area contributed by atoms with Crippen molar-refractivity contribution in [1.82, 2.24) is 30.2 Å². The fraction of sp³-hybridized carbons (Fsp3) is 0.500. The number of aromatic nitrogens is 4. The van der Waals surface area contributed by atoms with Crippen molar-refractivity contribution in [3.63, 3.8) is 0 Å². The molecule has 3 aromatic heterocycles. The van der Waals surface area contributed by atoms with Gasteiger partial charge in [-0.25, -0.2) is 9.97 Å². The van der Waals surface area contributed by atoms with Gasteiger partial charge in [-0.1, -0.05) is 25.3 Å². The second-order valence-electron chi connectivity index (χ2n) is 9.24. The Balaban J connectivity index is 1.25. The van der Waals surface area contributed by atoms with E-state index < -0.39 is 0 Å². The lowest BCUT2D eigenvalue weighted by Crippen LogP contribution is -2.61. The number of thiazole rings is 1. The number of carbonyl (C=O) groups is 2. The van der Waals surface area contributed by atoms with Crippen molar-refractivity contribution in [2.45, 2.75) is 58.0 Å². The third kappa shape index (κ3) is 4.86. The summed E-state index contributed by atoms with van der Waals surface area (Å²) in [4.78, 5) is 45.0. The first-order valence-corrected chi connectivity index (χ1v) is 12.7. The minimum atomic E-state index is -0.159. The lowest BCUT2D eigenvalue weighted by Gasteiger charge is -2.39. The van der Waals surface area contributed by atoms with E-state index in [0.717, 1.165) is 22.9 Å². The molecule has 1 unspecified atom stereocenters. The van der Waals surface area contributed by atoms with E-state index in [0.29, 0.717) is 41.5 Å². The first-order chi connectivity index (χ1) is 16.5. The quantitative estimate of drug-likeness (QED) is 0.508. The van der Waals surface area contributed by atoms with E-state index in [1.807, 2.05) is 26.0 Å². The second-order valence-corrected chi connectivity index (χ2v) is 10.4. The molecule has 0 radical (unpaired) electrons. The topological polar surface area (TPSA) is 113 Å². The average Bonchev–Trinajstić information content (AvgIpc) is 3.14. The van der Waals surface area contributed by atoms with Crippen LogP contribution >= 0.6 is 11.3 Å². The van der Waals surface area contributed by atoms with Gasteiger partial charge in [-0.3, -0.25) is 14.6 Å². The number of amides is 2. The monoisotopic (exact) mass is 479 g/mol. The van der Waals surface area contributed by atoms with Crippen molar-refractivity contribution in [2.24, 2.45) is 5.92 Å². The van der Waals surface area contributed by atoms with Crippen LogP contribution < -0.4 is 10.6 Å². The number of rotatable bonds is 8. The molecule has 0 aromatic carbocycles. The maximum absolute atomic E-state index is 13.3. The number of nitrogens with zero attached hydrogens (tertiary/aromatic N) is 5. The minimum absolute atomic E-state index is 0.00145. The molecule has 4 heterocycles. The third-order valence-electron chi connectivity index (χ3n) is 6.63. The zero-order valence-corrected chi connectivity index (χ0v) is 20.3. The van der Waals surface area contributed by atoms with Crippen molar-refractivity contribution in [1.29, 1.82) is 0 Å². The maximum atomic E-state index is 13.3. The Morgan fingerprint density at radius 3 is 2.76 bits per heavy atom. The molecule has 2 aliphatic rings. The van der Waals surface area contributed by atoms with Gasteiger partial charge >= 0.3 is 0 Å². The molecule has 2 N–H and O–H groups in total. The summed E-state index contributed by atoms with van der Waals surface area (Å²) in [6.07, 6.45) is 8.86. The molecule has 3 aromatic rings. The predicted octanol–water partition coefficient (Wildman–Crippen LogP) is 3.48.